The predicted molar refractivity (Wildman–Crippen MR) is 95.8 cm³/mol. The van der Waals surface area contributed by atoms with Crippen molar-refractivity contribution < 1.29 is 0 Å². The van der Waals surface area contributed by atoms with Gasteiger partial charge < -0.3 is 0 Å². The summed E-state index contributed by atoms with van der Waals surface area (Å²) in [6, 6.07) is 19.7. The van der Waals surface area contributed by atoms with Crippen LogP contribution in [0.5, 0.6) is 0 Å². The molecule has 0 heterocycles. The minimum absolute atomic E-state index is 0.590. The van der Waals surface area contributed by atoms with Gasteiger partial charge in [-0.15, -0.1) is 0 Å². The van der Waals surface area contributed by atoms with E-state index in [9.17, 15) is 0 Å². The van der Waals surface area contributed by atoms with Gasteiger partial charge in [-0.2, -0.15) is 0 Å². The van der Waals surface area contributed by atoms with E-state index in [4.69, 9.17) is 0 Å². The summed E-state index contributed by atoms with van der Waals surface area (Å²) in [5.74, 6) is 0.590. The second-order valence-corrected chi connectivity index (χ2v) is 6.18. The Morgan fingerprint density at radius 3 is 2.41 bits per heavy atom. The smallest absolute Gasteiger partial charge is 0.00547 e. The largest absolute Gasteiger partial charge is 0.0645 e. The molecule has 1 aliphatic rings. The van der Waals surface area contributed by atoms with Gasteiger partial charge in [-0.3, -0.25) is 0 Å². The van der Waals surface area contributed by atoms with Crippen LogP contribution in [0.2, 0.25) is 0 Å². The maximum Gasteiger partial charge on any atom is 0.00547 e. The molecule has 2 aromatic carbocycles. The van der Waals surface area contributed by atoms with Crippen LogP contribution >= 0.6 is 0 Å². The molecule has 0 amide bonds. The highest BCUT2D eigenvalue weighted by Gasteiger charge is 2.22. The fraction of sp³-hybridized carbons (Fsp3) is 0.273. The highest BCUT2D eigenvalue weighted by Crippen LogP contribution is 2.38. The molecule has 0 radical (unpaired) electrons. The van der Waals surface area contributed by atoms with Gasteiger partial charge in [0.25, 0.3) is 0 Å². The fourth-order valence-electron chi connectivity index (χ4n) is 3.45. The number of aryl methyl sites for hydroxylation is 2. The normalized spacial score (nSPS) is 17.3. The van der Waals surface area contributed by atoms with Crippen molar-refractivity contribution in [1.29, 1.82) is 0 Å². The van der Waals surface area contributed by atoms with Crippen molar-refractivity contribution in [2.75, 3.05) is 0 Å². The van der Waals surface area contributed by atoms with E-state index >= 15 is 0 Å². The van der Waals surface area contributed by atoms with E-state index in [0.717, 1.165) is 12.8 Å². The molecule has 0 saturated heterocycles. The van der Waals surface area contributed by atoms with Gasteiger partial charge in [0, 0.05) is 5.92 Å². The lowest BCUT2D eigenvalue weighted by molar-refractivity contribution is 0.708. The van der Waals surface area contributed by atoms with Crippen LogP contribution in [0.1, 0.15) is 36.5 Å². The Balaban J connectivity index is 1.69. The summed E-state index contributed by atoms with van der Waals surface area (Å²) in [6.45, 7) is 4.47. The van der Waals surface area contributed by atoms with Crippen LogP contribution in [0.15, 0.2) is 72.3 Å². The summed E-state index contributed by atoms with van der Waals surface area (Å²) in [5, 5.41) is 0. The van der Waals surface area contributed by atoms with Gasteiger partial charge in [-0.05, 0) is 42.9 Å². The molecule has 0 aromatic heterocycles. The van der Waals surface area contributed by atoms with Crippen molar-refractivity contribution in [3.63, 3.8) is 0 Å². The average Bonchev–Trinajstić information content (AvgIpc) is 2.97. The zero-order valence-electron chi connectivity index (χ0n) is 13.5. The van der Waals surface area contributed by atoms with Gasteiger partial charge in [-0.1, -0.05) is 84.8 Å². The van der Waals surface area contributed by atoms with E-state index in [0.29, 0.717) is 5.92 Å². The Labute approximate surface area is 134 Å². The highest BCUT2D eigenvalue weighted by molar-refractivity contribution is 5.74. The minimum atomic E-state index is 0.590. The average molecular weight is 288 g/mol. The first-order valence-corrected chi connectivity index (χ1v) is 8.29. The third kappa shape index (κ3) is 3.22. The first kappa shape index (κ1) is 14.8. The maximum absolute atomic E-state index is 2.35. The molecule has 22 heavy (non-hydrogen) atoms. The summed E-state index contributed by atoms with van der Waals surface area (Å²) in [5.41, 5.74) is 7.25. The first-order valence-electron chi connectivity index (χ1n) is 8.29. The third-order valence-corrected chi connectivity index (χ3v) is 4.60. The molecule has 0 bridgehead atoms. The van der Waals surface area contributed by atoms with Crippen molar-refractivity contribution in [3.8, 4) is 0 Å². The molecule has 1 unspecified atom stereocenters. The van der Waals surface area contributed by atoms with Crippen molar-refractivity contribution in [1.82, 2.24) is 0 Å². The van der Waals surface area contributed by atoms with Crippen LogP contribution in [0.3, 0.4) is 0 Å². The van der Waals surface area contributed by atoms with Gasteiger partial charge in [0.1, 0.15) is 0 Å². The summed E-state index contributed by atoms with van der Waals surface area (Å²) >= 11 is 0. The second kappa shape index (κ2) is 6.79. The lowest BCUT2D eigenvalue weighted by atomic mass is 9.86. The molecule has 1 aliphatic carbocycles. The number of hydrogen-bond acceptors (Lipinski definition) is 0. The molecular formula is C22H24. The summed E-state index contributed by atoms with van der Waals surface area (Å²) in [4.78, 5) is 0. The monoisotopic (exact) mass is 288 g/mol. The summed E-state index contributed by atoms with van der Waals surface area (Å²) in [7, 11) is 0. The van der Waals surface area contributed by atoms with E-state index in [1.165, 1.54) is 28.7 Å². The van der Waals surface area contributed by atoms with Gasteiger partial charge in [0.15, 0.2) is 0 Å². The highest BCUT2D eigenvalue weighted by atomic mass is 14.3. The van der Waals surface area contributed by atoms with Crippen LogP contribution in [-0.2, 0) is 6.42 Å². The maximum atomic E-state index is 2.35. The van der Waals surface area contributed by atoms with Crippen molar-refractivity contribution >= 4 is 5.57 Å². The molecule has 0 heteroatoms. The van der Waals surface area contributed by atoms with Crippen molar-refractivity contribution in [2.24, 2.45) is 5.92 Å². The lowest BCUT2D eigenvalue weighted by Crippen LogP contribution is -2.04. The quantitative estimate of drug-likeness (QED) is 0.635. The molecule has 0 N–H and O–H groups in total. The van der Waals surface area contributed by atoms with Crippen molar-refractivity contribution in [2.45, 2.75) is 33.1 Å². The summed E-state index contributed by atoms with van der Waals surface area (Å²) in [6.07, 6.45) is 8.16. The van der Waals surface area contributed by atoms with E-state index < -0.39 is 0 Å². The summed E-state index contributed by atoms with van der Waals surface area (Å²) < 4.78 is 0. The SMILES string of the molecule is CCC1C(CCc2cccc(C)c2)=CC=C1c1ccccc1. The Morgan fingerprint density at radius 1 is 0.864 bits per heavy atom. The molecule has 2 aromatic rings. The number of allylic oxidation sites excluding steroid dienone is 4. The zero-order chi connectivity index (χ0) is 15.4. The van der Waals surface area contributed by atoms with E-state index in [2.05, 4.69) is 80.6 Å². The lowest BCUT2D eigenvalue weighted by Gasteiger charge is -2.18. The molecular weight excluding hydrogens is 264 g/mol. The van der Waals surface area contributed by atoms with Gasteiger partial charge >= 0.3 is 0 Å². The predicted octanol–water partition coefficient (Wildman–Crippen LogP) is 5.98. The van der Waals surface area contributed by atoms with Gasteiger partial charge in [-0.25, -0.2) is 0 Å². The van der Waals surface area contributed by atoms with E-state index in [1.54, 1.807) is 5.57 Å². The minimum Gasteiger partial charge on any atom is -0.0645 e. The topological polar surface area (TPSA) is 0 Å². The molecule has 0 saturated carbocycles. The number of benzene rings is 2. The molecule has 3 rings (SSSR count). The van der Waals surface area contributed by atoms with Crippen molar-refractivity contribution in [3.05, 3.63) is 89.0 Å². The molecule has 112 valence electrons. The molecule has 0 spiro atoms. The van der Waals surface area contributed by atoms with Crippen LogP contribution in [0.4, 0.5) is 0 Å². The van der Waals surface area contributed by atoms with Crippen LogP contribution in [-0.4, -0.2) is 0 Å². The van der Waals surface area contributed by atoms with Crippen LogP contribution in [0.25, 0.3) is 5.57 Å². The zero-order valence-corrected chi connectivity index (χ0v) is 13.5. The molecule has 0 aliphatic heterocycles. The Hall–Kier alpha value is -2.08. The van der Waals surface area contributed by atoms with E-state index in [-0.39, 0.29) is 0 Å². The molecule has 0 fully saturated rings. The third-order valence-electron chi connectivity index (χ3n) is 4.60. The first-order chi connectivity index (χ1) is 10.8. The van der Waals surface area contributed by atoms with Gasteiger partial charge in [0.05, 0.1) is 0 Å². The Bertz CT molecular complexity index is 689. The Morgan fingerprint density at radius 2 is 1.68 bits per heavy atom. The number of rotatable bonds is 5. The van der Waals surface area contributed by atoms with Crippen LogP contribution < -0.4 is 0 Å². The van der Waals surface area contributed by atoms with Gasteiger partial charge in [0.2, 0.25) is 0 Å². The Kier molecular flexibility index (Phi) is 4.58. The fourth-order valence-corrected chi connectivity index (χ4v) is 3.45. The standard InChI is InChI=1S/C22H24/c1-3-21-20(13-12-18-9-7-8-17(2)16-18)14-15-22(21)19-10-5-4-6-11-19/h4-11,14-16,21H,3,12-13H2,1-2H3. The number of hydrogen-bond donors (Lipinski definition) is 0. The molecule has 0 nitrogen and oxygen atoms in total. The van der Waals surface area contributed by atoms with E-state index in [1.807, 2.05) is 0 Å². The molecule has 1 atom stereocenters. The van der Waals surface area contributed by atoms with Crippen LogP contribution in [0, 0.1) is 12.8 Å². The second-order valence-electron chi connectivity index (χ2n) is 6.18.